The molecule has 2 aromatic rings. The van der Waals surface area contributed by atoms with Gasteiger partial charge in [-0.05, 0) is 48.4 Å². The SMILES string of the molecule is CC(=O)O[C@@H]1C[C@H]2c3cc(-c4ccccc4F)nnc3C1(C)C2(C)C. The number of hydrogen-bond acceptors (Lipinski definition) is 4. The first-order chi connectivity index (χ1) is 11.8. The molecule has 0 radical (unpaired) electrons. The third-order valence-corrected chi connectivity index (χ3v) is 6.45. The second-order valence-electron chi connectivity index (χ2n) is 7.82. The van der Waals surface area contributed by atoms with Crippen molar-refractivity contribution in [2.45, 2.75) is 51.6 Å². The molecule has 1 saturated carbocycles. The summed E-state index contributed by atoms with van der Waals surface area (Å²) in [6, 6.07) is 8.56. The van der Waals surface area contributed by atoms with Crippen molar-refractivity contribution >= 4 is 5.97 Å². The van der Waals surface area contributed by atoms with E-state index in [-0.39, 0.29) is 34.6 Å². The molecule has 0 N–H and O–H groups in total. The number of aromatic nitrogens is 2. The van der Waals surface area contributed by atoms with Gasteiger partial charge in [-0.2, -0.15) is 10.2 Å². The van der Waals surface area contributed by atoms with Gasteiger partial charge in [-0.15, -0.1) is 0 Å². The van der Waals surface area contributed by atoms with Gasteiger partial charge in [-0.25, -0.2) is 4.39 Å². The summed E-state index contributed by atoms with van der Waals surface area (Å²) in [6.45, 7) is 7.91. The van der Waals surface area contributed by atoms with Crippen LogP contribution >= 0.6 is 0 Å². The van der Waals surface area contributed by atoms with Gasteiger partial charge in [0.15, 0.2) is 0 Å². The van der Waals surface area contributed by atoms with Gasteiger partial charge < -0.3 is 4.74 Å². The molecule has 1 heterocycles. The Bertz CT molecular complexity index is 880. The number of fused-ring (bicyclic) bond motifs is 5. The molecule has 3 atom stereocenters. The van der Waals surface area contributed by atoms with Crippen molar-refractivity contribution in [3.8, 4) is 11.3 Å². The fourth-order valence-electron chi connectivity index (χ4n) is 4.74. The summed E-state index contributed by atoms with van der Waals surface area (Å²) < 4.78 is 19.7. The first-order valence-corrected chi connectivity index (χ1v) is 8.57. The van der Waals surface area contributed by atoms with E-state index in [1.54, 1.807) is 18.2 Å². The standard InChI is InChI=1S/C20H21FN2O2/c1-11(24)25-17-10-14-13-9-16(12-7-5-6-8-15(12)21)22-23-18(13)20(17,4)19(14,2)3/h5-9,14,17H,10H2,1-4H3/t14-,17+,20?/m0/s1. The van der Waals surface area contributed by atoms with Gasteiger partial charge in [0.2, 0.25) is 0 Å². The average molecular weight is 340 g/mol. The van der Waals surface area contributed by atoms with E-state index in [0.717, 1.165) is 17.7 Å². The molecule has 1 fully saturated rings. The van der Waals surface area contributed by atoms with Crippen LogP contribution in [0.1, 0.15) is 51.3 Å². The molecule has 0 aliphatic heterocycles. The van der Waals surface area contributed by atoms with Crippen molar-refractivity contribution in [3.63, 3.8) is 0 Å². The summed E-state index contributed by atoms with van der Waals surface area (Å²) in [5, 5.41) is 8.77. The van der Waals surface area contributed by atoms with Gasteiger partial charge >= 0.3 is 5.97 Å². The number of nitrogens with zero attached hydrogens (tertiary/aromatic N) is 2. The molecule has 2 aliphatic carbocycles. The van der Waals surface area contributed by atoms with Crippen LogP contribution in [0.4, 0.5) is 4.39 Å². The van der Waals surface area contributed by atoms with Gasteiger partial charge in [-0.1, -0.05) is 26.0 Å². The van der Waals surface area contributed by atoms with Crippen LogP contribution in [-0.4, -0.2) is 22.3 Å². The van der Waals surface area contributed by atoms with Gasteiger partial charge in [0, 0.05) is 12.5 Å². The van der Waals surface area contributed by atoms with E-state index in [1.165, 1.54) is 13.0 Å². The Morgan fingerprint density at radius 2 is 1.96 bits per heavy atom. The predicted molar refractivity (Wildman–Crippen MR) is 91.5 cm³/mol. The zero-order chi connectivity index (χ0) is 18.0. The number of hydrogen-bond donors (Lipinski definition) is 0. The first kappa shape index (κ1) is 16.2. The number of halogens is 1. The Balaban J connectivity index is 1.84. The summed E-state index contributed by atoms with van der Waals surface area (Å²) in [4.78, 5) is 11.5. The van der Waals surface area contributed by atoms with E-state index >= 15 is 0 Å². The molecule has 1 aromatic carbocycles. The van der Waals surface area contributed by atoms with Crippen molar-refractivity contribution < 1.29 is 13.9 Å². The fraction of sp³-hybridized carbons (Fsp3) is 0.450. The maximum atomic E-state index is 14.1. The van der Waals surface area contributed by atoms with E-state index in [1.807, 2.05) is 6.07 Å². The zero-order valence-corrected chi connectivity index (χ0v) is 14.8. The van der Waals surface area contributed by atoms with Crippen LogP contribution in [0, 0.1) is 11.2 Å². The quantitative estimate of drug-likeness (QED) is 0.776. The van der Waals surface area contributed by atoms with Crippen LogP contribution in [0.2, 0.25) is 0 Å². The van der Waals surface area contributed by atoms with Gasteiger partial charge in [0.05, 0.1) is 16.8 Å². The minimum absolute atomic E-state index is 0.113. The molecule has 130 valence electrons. The molecule has 1 unspecified atom stereocenters. The zero-order valence-electron chi connectivity index (χ0n) is 14.8. The predicted octanol–water partition coefficient (Wildman–Crippen LogP) is 4.00. The smallest absolute Gasteiger partial charge is 0.302 e. The third-order valence-electron chi connectivity index (χ3n) is 6.45. The molecule has 0 amide bonds. The lowest BCUT2D eigenvalue weighted by Gasteiger charge is -2.37. The normalized spacial score (nSPS) is 28.7. The van der Waals surface area contributed by atoms with Crippen molar-refractivity contribution in [2.75, 3.05) is 0 Å². The van der Waals surface area contributed by atoms with Crippen LogP contribution in [0.15, 0.2) is 30.3 Å². The molecule has 2 aliphatic rings. The van der Waals surface area contributed by atoms with Crippen LogP contribution < -0.4 is 0 Å². The van der Waals surface area contributed by atoms with E-state index in [2.05, 4.69) is 31.0 Å². The molecule has 4 rings (SSSR count). The fourth-order valence-corrected chi connectivity index (χ4v) is 4.74. The lowest BCUT2D eigenvalue weighted by atomic mass is 9.69. The Kier molecular flexibility index (Phi) is 3.30. The Hall–Kier alpha value is -2.30. The van der Waals surface area contributed by atoms with E-state index < -0.39 is 0 Å². The Morgan fingerprint density at radius 1 is 1.24 bits per heavy atom. The average Bonchev–Trinajstić information content (AvgIpc) is 2.85. The Labute approximate surface area is 146 Å². The molecule has 4 nitrogen and oxygen atoms in total. The Morgan fingerprint density at radius 3 is 2.64 bits per heavy atom. The molecule has 25 heavy (non-hydrogen) atoms. The van der Waals surface area contributed by atoms with Crippen LogP contribution in [0.25, 0.3) is 11.3 Å². The summed E-state index contributed by atoms with van der Waals surface area (Å²) >= 11 is 0. The number of carbonyl (C=O) groups is 1. The molecule has 1 aromatic heterocycles. The van der Waals surface area contributed by atoms with E-state index in [9.17, 15) is 9.18 Å². The topological polar surface area (TPSA) is 52.1 Å². The largest absolute Gasteiger partial charge is 0.462 e. The molecular weight excluding hydrogens is 319 g/mol. The monoisotopic (exact) mass is 340 g/mol. The van der Waals surface area contributed by atoms with Crippen LogP contribution in [0.5, 0.6) is 0 Å². The van der Waals surface area contributed by atoms with Crippen molar-refractivity contribution in [3.05, 3.63) is 47.4 Å². The molecule has 2 bridgehead atoms. The lowest BCUT2D eigenvalue weighted by molar-refractivity contribution is -0.150. The van der Waals surface area contributed by atoms with Gasteiger partial charge in [0.1, 0.15) is 11.9 Å². The second-order valence-corrected chi connectivity index (χ2v) is 7.82. The maximum absolute atomic E-state index is 14.1. The number of carbonyl (C=O) groups excluding carboxylic acids is 1. The first-order valence-electron chi connectivity index (χ1n) is 8.57. The van der Waals surface area contributed by atoms with Crippen molar-refractivity contribution in [1.82, 2.24) is 10.2 Å². The minimum atomic E-state index is -0.389. The van der Waals surface area contributed by atoms with E-state index in [4.69, 9.17) is 4.74 Å². The molecular formula is C20H21FN2O2. The van der Waals surface area contributed by atoms with E-state index in [0.29, 0.717) is 11.3 Å². The molecule has 0 saturated heterocycles. The van der Waals surface area contributed by atoms with Crippen LogP contribution in [-0.2, 0) is 14.9 Å². The molecule has 0 spiro atoms. The summed E-state index contributed by atoms with van der Waals surface area (Å²) in [6.07, 6.45) is 0.560. The van der Waals surface area contributed by atoms with Crippen LogP contribution in [0.3, 0.4) is 0 Å². The van der Waals surface area contributed by atoms with Gasteiger partial charge in [-0.3, -0.25) is 4.79 Å². The summed E-state index contributed by atoms with van der Waals surface area (Å²) in [5.41, 5.74) is 2.48. The van der Waals surface area contributed by atoms with Crippen molar-refractivity contribution in [1.29, 1.82) is 0 Å². The highest BCUT2D eigenvalue weighted by molar-refractivity contribution is 5.67. The number of ether oxygens (including phenoxy) is 1. The lowest BCUT2D eigenvalue weighted by Crippen LogP contribution is -2.43. The second kappa shape index (κ2) is 5.10. The van der Waals surface area contributed by atoms with Gasteiger partial charge in [0.25, 0.3) is 0 Å². The summed E-state index contributed by atoms with van der Waals surface area (Å²) in [7, 11) is 0. The highest BCUT2D eigenvalue weighted by Crippen LogP contribution is 2.67. The number of rotatable bonds is 2. The summed E-state index contributed by atoms with van der Waals surface area (Å²) in [5.74, 6) is -0.367. The minimum Gasteiger partial charge on any atom is -0.462 e. The number of benzene rings is 1. The highest BCUT2D eigenvalue weighted by atomic mass is 19.1. The molecule has 5 heteroatoms. The highest BCUT2D eigenvalue weighted by Gasteiger charge is 2.67. The van der Waals surface area contributed by atoms with Crippen molar-refractivity contribution in [2.24, 2.45) is 5.41 Å². The maximum Gasteiger partial charge on any atom is 0.302 e. The number of esters is 1. The third kappa shape index (κ3) is 2.01.